The number of nitrogens with one attached hydrogen (secondary N) is 1. The summed E-state index contributed by atoms with van der Waals surface area (Å²) in [6.07, 6.45) is 4.40. The number of aromatic amines is 1. The summed E-state index contributed by atoms with van der Waals surface area (Å²) in [6, 6.07) is 27.4. The molecule has 0 amide bonds. The van der Waals surface area contributed by atoms with Gasteiger partial charge in [0.25, 0.3) is 0 Å². The summed E-state index contributed by atoms with van der Waals surface area (Å²) in [5.41, 5.74) is 8.06. The zero-order valence-corrected chi connectivity index (χ0v) is 16.1. The van der Waals surface area contributed by atoms with Crippen LogP contribution in [0.1, 0.15) is 25.0 Å². The number of aromatic nitrogens is 1. The van der Waals surface area contributed by atoms with Gasteiger partial charge in [0.05, 0.1) is 17.1 Å². The van der Waals surface area contributed by atoms with Crippen LogP contribution in [0.15, 0.2) is 89.9 Å². The van der Waals surface area contributed by atoms with E-state index in [4.69, 9.17) is 4.99 Å². The summed E-state index contributed by atoms with van der Waals surface area (Å²) < 4.78 is 0. The third-order valence-corrected chi connectivity index (χ3v) is 5.68. The fraction of sp³-hybridized carbons (Fsp3) is 0.115. The van der Waals surface area contributed by atoms with Gasteiger partial charge < -0.3 is 4.98 Å². The minimum Gasteiger partial charge on any atom is -0.354 e. The second-order valence-electron chi connectivity index (χ2n) is 7.80. The summed E-state index contributed by atoms with van der Waals surface area (Å²) in [6.45, 7) is 4.49. The number of aliphatic imine (C=N–C) groups is 1. The Labute approximate surface area is 165 Å². The van der Waals surface area contributed by atoms with Gasteiger partial charge in [0, 0.05) is 21.9 Å². The van der Waals surface area contributed by atoms with Crippen LogP contribution in [0, 0.1) is 0 Å². The Morgan fingerprint density at radius 2 is 1.50 bits per heavy atom. The molecule has 5 rings (SSSR count). The van der Waals surface area contributed by atoms with Gasteiger partial charge >= 0.3 is 0 Å². The number of rotatable bonds is 3. The molecule has 0 aliphatic carbocycles. The first-order chi connectivity index (χ1) is 13.6. The van der Waals surface area contributed by atoms with Gasteiger partial charge in [0.2, 0.25) is 0 Å². The van der Waals surface area contributed by atoms with Crippen molar-refractivity contribution in [3.05, 3.63) is 96.1 Å². The SMILES string of the molecule is CC1(C)C(C=Cc2c(-c3ccccc3)[nH]c3ccccc23)=Nc2ccccc21. The zero-order valence-electron chi connectivity index (χ0n) is 16.1. The van der Waals surface area contributed by atoms with E-state index < -0.39 is 0 Å². The molecule has 0 bridgehead atoms. The highest BCUT2D eigenvalue weighted by Gasteiger charge is 2.33. The normalized spacial score (nSPS) is 15.1. The molecule has 0 saturated carbocycles. The second-order valence-corrected chi connectivity index (χ2v) is 7.80. The van der Waals surface area contributed by atoms with Gasteiger partial charge in [-0.15, -0.1) is 0 Å². The van der Waals surface area contributed by atoms with E-state index in [1.54, 1.807) is 0 Å². The molecule has 28 heavy (non-hydrogen) atoms. The maximum absolute atomic E-state index is 4.91. The van der Waals surface area contributed by atoms with E-state index in [9.17, 15) is 0 Å². The van der Waals surface area contributed by atoms with Crippen molar-refractivity contribution in [1.82, 2.24) is 4.98 Å². The molecule has 2 heterocycles. The van der Waals surface area contributed by atoms with Crippen molar-refractivity contribution in [2.45, 2.75) is 19.3 Å². The van der Waals surface area contributed by atoms with Crippen LogP contribution in [0.3, 0.4) is 0 Å². The predicted octanol–water partition coefficient (Wildman–Crippen LogP) is 6.91. The average Bonchev–Trinajstić information content (AvgIpc) is 3.22. The first-order valence-corrected chi connectivity index (χ1v) is 9.67. The molecule has 1 N–H and O–H groups in total. The number of hydrogen-bond acceptors (Lipinski definition) is 1. The fourth-order valence-corrected chi connectivity index (χ4v) is 4.08. The second kappa shape index (κ2) is 6.35. The predicted molar refractivity (Wildman–Crippen MR) is 119 cm³/mol. The van der Waals surface area contributed by atoms with Gasteiger partial charge in [0.15, 0.2) is 0 Å². The summed E-state index contributed by atoms with van der Waals surface area (Å²) >= 11 is 0. The first kappa shape index (κ1) is 16.8. The van der Waals surface area contributed by atoms with E-state index in [0.29, 0.717) is 0 Å². The third-order valence-electron chi connectivity index (χ3n) is 5.68. The summed E-state index contributed by atoms with van der Waals surface area (Å²) in [5, 5.41) is 1.23. The molecule has 2 nitrogen and oxygen atoms in total. The maximum Gasteiger partial charge on any atom is 0.0674 e. The Bertz CT molecular complexity index is 1220. The molecule has 1 aliphatic rings. The minimum atomic E-state index is -0.0912. The zero-order chi connectivity index (χ0) is 19.1. The smallest absolute Gasteiger partial charge is 0.0674 e. The van der Waals surface area contributed by atoms with Crippen molar-refractivity contribution in [3.63, 3.8) is 0 Å². The van der Waals surface area contributed by atoms with Gasteiger partial charge in [-0.3, -0.25) is 4.99 Å². The Balaban J connectivity index is 1.63. The summed E-state index contributed by atoms with van der Waals surface area (Å²) in [5.74, 6) is 0. The van der Waals surface area contributed by atoms with Crippen LogP contribution in [0.5, 0.6) is 0 Å². The number of hydrogen-bond donors (Lipinski definition) is 1. The van der Waals surface area contributed by atoms with Crippen LogP contribution in [-0.4, -0.2) is 10.7 Å². The summed E-state index contributed by atoms with van der Waals surface area (Å²) in [7, 11) is 0. The fourth-order valence-electron chi connectivity index (χ4n) is 4.08. The first-order valence-electron chi connectivity index (χ1n) is 9.67. The van der Waals surface area contributed by atoms with Gasteiger partial charge in [-0.25, -0.2) is 0 Å². The van der Waals surface area contributed by atoms with Crippen molar-refractivity contribution >= 4 is 28.4 Å². The lowest BCUT2D eigenvalue weighted by molar-refractivity contribution is 0.740. The lowest BCUT2D eigenvalue weighted by Gasteiger charge is -2.20. The molecule has 0 atom stereocenters. The van der Waals surface area contributed by atoms with E-state index in [-0.39, 0.29) is 5.41 Å². The van der Waals surface area contributed by atoms with Gasteiger partial charge in [-0.2, -0.15) is 0 Å². The molecule has 1 aliphatic heterocycles. The lowest BCUT2D eigenvalue weighted by Crippen LogP contribution is -2.23. The van der Waals surface area contributed by atoms with Crippen molar-refractivity contribution in [2.24, 2.45) is 4.99 Å². The molecule has 0 saturated heterocycles. The van der Waals surface area contributed by atoms with Crippen molar-refractivity contribution in [2.75, 3.05) is 0 Å². The van der Waals surface area contributed by atoms with Crippen LogP contribution in [-0.2, 0) is 5.41 Å². The molecular formula is C26H22N2. The Kier molecular flexibility index (Phi) is 3.80. The third kappa shape index (κ3) is 2.61. The number of para-hydroxylation sites is 2. The molecular weight excluding hydrogens is 340 g/mol. The standard InChI is InChI=1S/C26H22N2/c1-26(2)21-13-7-9-15-23(21)27-24(26)17-16-20-19-12-6-8-14-22(19)28-25(20)18-10-4-3-5-11-18/h3-17,28H,1-2H3. The Morgan fingerprint density at radius 3 is 2.32 bits per heavy atom. The Morgan fingerprint density at radius 1 is 0.786 bits per heavy atom. The molecule has 3 aromatic carbocycles. The molecule has 2 heteroatoms. The molecule has 136 valence electrons. The van der Waals surface area contributed by atoms with Gasteiger partial charge in [-0.05, 0) is 29.3 Å². The van der Waals surface area contributed by atoms with Crippen LogP contribution in [0.25, 0.3) is 28.2 Å². The van der Waals surface area contributed by atoms with Crippen molar-refractivity contribution in [3.8, 4) is 11.3 Å². The molecule has 0 unspecified atom stereocenters. The molecule has 0 fully saturated rings. The van der Waals surface area contributed by atoms with E-state index in [2.05, 4.69) is 110 Å². The van der Waals surface area contributed by atoms with Gasteiger partial charge in [-0.1, -0.05) is 86.7 Å². The molecule has 4 aromatic rings. The molecule has 0 radical (unpaired) electrons. The number of benzene rings is 3. The lowest BCUT2D eigenvalue weighted by atomic mass is 9.81. The van der Waals surface area contributed by atoms with Crippen LogP contribution >= 0.6 is 0 Å². The monoisotopic (exact) mass is 362 g/mol. The van der Waals surface area contributed by atoms with Crippen LogP contribution in [0.2, 0.25) is 0 Å². The number of nitrogens with zero attached hydrogens (tertiary/aromatic N) is 1. The highest BCUT2D eigenvalue weighted by atomic mass is 14.8. The van der Waals surface area contributed by atoms with E-state index >= 15 is 0 Å². The largest absolute Gasteiger partial charge is 0.354 e. The highest BCUT2D eigenvalue weighted by molar-refractivity contribution is 6.11. The average molecular weight is 362 g/mol. The topological polar surface area (TPSA) is 28.1 Å². The Hall–Kier alpha value is -3.39. The quantitative estimate of drug-likeness (QED) is 0.410. The number of fused-ring (bicyclic) bond motifs is 2. The minimum absolute atomic E-state index is 0.0912. The highest BCUT2D eigenvalue weighted by Crippen LogP contribution is 2.40. The van der Waals surface area contributed by atoms with Crippen molar-refractivity contribution < 1.29 is 0 Å². The van der Waals surface area contributed by atoms with E-state index in [1.807, 2.05) is 0 Å². The maximum atomic E-state index is 4.91. The number of allylic oxidation sites excluding steroid dienone is 1. The van der Waals surface area contributed by atoms with E-state index in [0.717, 1.165) is 22.6 Å². The van der Waals surface area contributed by atoms with Gasteiger partial charge in [0.1, 0.15) is 0 Å². The van der Waals surface area contributed by atoms with Crippen LogP contribution < -0.4 is 0 Å². The van der Waals surface area contributed by atoms with Crippen molar-refractivity contribution in [1.29, 1.82) is 0 Å². The molecule has 1 aromatic heterocycles. The van der Waals surface area contributed by atoms with E-state index in [1.165, 1.54) is 22.1 Å². The van der Waals surface area contributed by atoms with Crippen LogP contribution in [0.4, 0.5) is 5.69 Å². The molecule has 0 spiro atoms. The number of H-pyrrole nitrogens is 1. The summed E-state index contributed by atoms with van der Waals surface area (Å²) in [4.78, 5) is 8.51.